The fourth-order valence-corrected chi connectivity index (χ4v) is 4.55. The van der Waals surface area contributed by atoms with Crippen molar-refractivity contribution >= 4 is 14.0 Å². The minimum Gasteiger partial charge on any atom is -0.462 e. The average Bonchev–Trinajstić information content (AvgIpc) is 2.26. The Kier molecular flexibility index (Phi) is 4.36. The van der Waals surface area contributed by atoms with Gasteiger partial charge < -0.3 is 4.74 Å². The molecule has 0 aliphatic heterocycles. The highest BCUT2D eigenvalue weighted by molar-refractivity contribution is 6.78. The Balaban J connectivity index is 2.90. The topological polar surface area (TPSA) is 26.3 Å². The van der Waals surface area contributed by atoms with Crippen molar-refractivity contribution in [3.8, 4) is 0 Å². The SMILES string of the molecule is CC(=O)O[C@@H]1CCCC(C)=C[C@H]1[Si](C)(C)C. The van der Waals surface area contributed by atoms with Crippen LogP contribution in [-0.4, -0.2) is 20.1 Å². The molecule has 0 aromatic rings. The molecule has 0 aromatic carbocycles. The van der Waals surface area contributed by atoms with E-state index in [9.17, 15) is 4.79 Å². The summed E-state index contributed by atoms with van der Waals surface area (Å²) in [7, 11) is -1.31. The van der Waals surface area contributed by atoms with E-state index in [0.717, 1.165) is 19.3 Å². The molecule has 0 saturated carbocycles. The van der Waals surface area contributed by atoms with E-state index in [4.69, 9.17) is 4.74 Å². The molecule has 16 heavy (non-hydrogen) atoms. The van der Waals surface area contributed by atoms with E-state index in [1.54, 1.807) is 0 Å². The highest BCUT2D eigenvalue weighted by Crippen LogP contribution is 2.36. The first-order valence-electron chi connectivity index (χ1n) is 6.15. The molecule has 0 radical (unpaired) electrons. The largest absolute Gasteiger partial charge is 0.462 e. The van der Waals surface area contributed by atoms with Gasteiger partial charge in [0, 0.05) is 12.5 Å². The Morgan fingerprint density at radius 1 is 1.44 bits per heavy atom. The molecule has 0 spiro atoms. The molecule has 0 fully saturated rings. The van der Waals surface area contributed by atoms with E-state index in [0.29, 0.717) is 5.54 Å². The van der Waals surface area contributed by atoms with Gasteiger partial charge in [0.25, 0.3) is 0 Å². The van der Waals surface area contributed by atoms with Crippen LogP contribution in [0.2, 0.25) is 25.2 Å². The van der Waals surface area contributed by atoms with Gasteiger partial charge in [0.1, 0.15) is 6.10 Å². The molecule has 1 aliphatic carbocycles. The van der Waals surface area contributed by atoms with E-state index in [2.05, 4.69) is 32.6 Å². The summed E-state index contributed by atoms with van der Waals surface area (Å²) in [4.78, 5) is 11.2. The highest BCUT2D eigenvalue weighted by Gasteiger charge is 2.35. The number of hydrogen-bond acceptors (Lipinski definition) is 2. The molecule has 0 N–H and O–H groups in total. The number of ether oxygens (including phenoxy) is 1. The van der Waals surface area contributed by atoms with Gasteiger partial charge in [-0.1, -0.05) is 31.3 Å². The molecule has 0 bridgehead atoms. The smallest absolute Gasteiger partial charge is 0.302 e. The predicted octanol–water partition coefficient (Wildman–Crippen LogP) is 3.76. The zero-order valence-corrected chi connectivity index (χ0v) is 12.2. The van der Waals surface area contributed by atoms with Crippen molar-refractivity contribution in [3.63, 3.8) is 0 Å². The van der Waals surface area contributed by atoms with Crippen LogP contribution in [0, 0.1) is 0 Å². The maximum Gasteiger partial charge on any atom is 0.302 e. The van der Waals surface area contributed by atoms with Crippen LogP contribution in [-0.2, 0) is 9.53 Å². The van der Waals surface area contributed by atoms with Crippen molar-refractivity contribution in [2.45, 2.75) is 64.4 Å². The van der Waals surface area contributed by atoms with Crippen molar-refractivity contribution in [2.75, 3.05) is 0 Å². The molecular weight excluding hydrogens is 216 g/mol. The Bertz CT molecular complexity index is 289. The lowest BCUT2D eigenvalue weighted by atomic mass is 10.1. The van der Waals surface area contributed by atoms with Crippen molar-refractivity contribution in [1.29, 1.82) is 0 Å². The van der Waals surface area contributed by atoms with Crippen LogP contribution >= 0.6 is 0 Å². The number of rotatable bonds is 2. The molecule has 3 heteroatoms. The predicted molar refractivity (Wildman–Crippen MR) is 70.3 cm³/mol. The first-order valence-corrected chi connectivity index (χ1v) is 9.73. The van der Waals surface area contributed by atoms with Crippen LogP contribution in [0.1, 0.15) is 33.1 Å². The Morgan fingerprint density at radius 3 is 2.56 bits per heavy atom. The third-order valence-corrected chi connectivity index (χ3v) is 5.78. The summed E-state index contributed by atoms with van der Waals surface area (Å²) in [5, 5.41) is 0. The standard InChI is InChI=1S/C13H24O2Si/c1-10-7-6-8-12(15-11(2)14)13(9-10)16(3,4)5/h9,12-13H,6-8H2,1-5H3/t12-,13-/m1/s1. The van der Waals surface area contributed by atoms with Crippen molar-refractivity contribution < 1.29 is 9.53 Å². The maximum absolute atomic E-state index is 11.2. The van der Waals surface area contributed by atoms with Gasteiger partial charge >= 0.3 is 5.97 Å². The number of allylic oxidation sites excluding steroid dienone is 1. The quantitative estimate of drug-likeness (QED) is 0.417. The fraction of sp³-hybridized carbons (Fsp3) is 0.769. The fourth-order valence-electron chi connectivity index (χ4n) is 2.41. The second kappa shape index (κ2) is 5.17. The molecule has 0 aromatic heterocycles. The van der Waals surface area contributed by atoms with Crippen LogP contribution in [0.3, 0.4) is 0 Å². The van der Waals surface area contributed by atoms with Crippen LogP contribution in [0.15, 0.2) is 11.6 Å². The van der Waals surface area contributed by atoms with Gasteiger partial charge in [0.15, 0.2) is 0 Å². The van der Waals surface area contributed by atoms with Gasteiger partial charge in [-0.3, -0.25) is 4.79 Å². The normalized spacial score (nSPS) is 26.9. The van der Waals surface area contributed by atoms with Crippen LogP contribution < -0.4 is 0 Å². The van der Waals surface area contributed by atoms with Gasteiger partial charge in [-0.05, 0) is 26.2 Å². The lowest BCUT2D eigenvalue weighted by Gasteiger charge is -2.32. The maximum atomic E-state index is 11.2. The Morgan fingerprint density at radius 2 is 2.06 bits per heavy atom. The van der Waals surface area contributed by atoms with E-state index >= 15 is 0 Å². The molecule has 1 aliphatic rings. The molecule has 1 rings (SSSR count). The Labute approximate surface area is 100 Å². The van der Waals surface area contributed by atoms with Gasteiger partial charge in [0.05, 0.1) is 8.07 Å². The summed E-state index contributed by atoms with van der Waals surface area (Å²) in [6.07, 6.45) is 5.79. The number of hydrogen-bond donors (Lipinski definition) is 0. The summed E-state index contributed by atoms with van der Waals surface area (Å²) in [6, 6.07) is 0. The molecule has 2 atom stereocenters. The van der Waals surface area contributed by atoms with Gasteiger partial charge in [-0.25, -0.2) is 0 Å². The van der Waals surface area contributed by atoms with Crippen LogP contribution in [0.4, 0.5) is 0 Å². The summed E-state index contributed by atoms with van der Waals surface area (Å²) < 4.78 is 5.51. The molecule has 0 unspecified atom stereocenters. The van der Waals surface area contributed by atoms with Crippen LogP contribution in [0.25, 0.3) is 0 Å². The lowest BCUT2D eigenvalue weighted by molar-refractivity contribution is -0.146. The second-order valence-electron chi connectivity index (χ2n) is 5.94. The third-order valence-electron chi connectivity index (χ3n) is 3.24. The zero-order chi connectivity index (χ0) is 12.3. The van der Waals surface area contributed by atoms with E-state index in [-0.39, 0.29) is 12.1 Å². The van der Waals surface area contributed by atoms with Gasteiger partial charge in [-0.15, -0.1) is 0 Å². The van der Waals surface area contributed by atoms with Crippen molar-refractivity contribution in [2.24, 2.45) is 0 Å². The molecule has 0 saturated heterocycles. The van der Waals surface area contributed by atoms with Gasteiger partial charge in [-0.2, -0.15) is 0 Å². The number of carbonyl (C=O) groups excluding carboxylic acids is 1. The first-order chi connectivity index (χ1) is 7.30. The minimum atomic E-state index is -1.31. The molecule has 0 amide bonds. The minimum absolute atomic E-state index is 0.113. The second-order valence-corrected chi connectivity index (χ2v) is 11.3. The Hall–Kier alpha value is -0.573. The molecule has 92 valence electrons. The molecular formula is C13H24O2Si. The summed E-state index contributed by atoms with van der Waals surface area (Å²) >= 11 is 0. The summed E-state index contributed by atoms with van der Waals surface area (Å²) in [5.41, 5.74) is 1.93. The van der Waals surface area contributed by atoms with Crippen molar-refractivity contribution in [1.82, 2.24) is 0 Å². The van der Waals surface area contributed by atoms with E-state index < -0.39 is 8.07 Å². The lowest BCUT2D eigenvalue weighted by Crippen LogP contribution is -2.37. The third kappa shape index (κ3) is 3.78. The molecule has 2 nitrogen and oxygen atoms in total. The first kappa shape index (κ1) is 13.5. The van der Waals surface area contributed by atoms with Crippen molar-refractivity contribution in [3.05, 3.63) is 11.6 Å². The number of esters is 1. The summed E-state index contributed by atoms with van der Waals surface area (Å²) in [6.45, 7) is 10.8. The zero-order valence-electron chi connectivity index (χ0n) is 11.2. The molecule has 0 heterocycles. The van der Waals surface area contributed by atoms with E-state index in [1.807, 2.05) is 0 Å². The van der Waals surface area contributed by atoms with E-state index in [1.165, 1.54) is 12.5 Å². The summed E-state index contributed by atoms with van der Waals surface area (Å²) in [5.74, 6) is -0.138. The number of carbonyl (C=O) groups is 1. The highest BCUT2D eigenvalue weighted by atomic mass is 28.3. The van der Waals surface area contributed by atoms with Crippen LogP contribution in [0.5, 0.6) is 0 Å². The monoisotopic (exact) mass is 240 g/mol. The van der Waals surface area contributed by atoms with Gasteiger partial charge in [0.2, 0.25) is 0 Å². The average molecular weight is 240 g/mol.